The summed E-state index contributed by atoms with van der Waals surface area (Å²) in [6.07, 6.45) is 2.58. The van der Waals surface area contributed by atoms with Gasteiger partial charge in [-0.2, -0.15) is 0 Å². The number of nitro benzene ring substituents is 3. The molecule has 0 amide bonds. The molecule has 2 rings (SSSR count). The number of rotatable bonds is 5. The molecule has 0 N–H and O–H groups in total. The van der Waals surface area contributed by atoms with Crippen LogP contribution < -0.4 is 4.84 Å². The van der Waals surface area contributed by atoms with Gasteiger partial charge < -0.3 is 4.84 Å². The predicted octanol–water partition coefficient (Wildman–Crippen LogP) is 2.19. The zero-order valence-electron chi connectivity index (χ0n) is 11.3. The molecule has 0 unspecified atom stereocenters. The van der Waals surface area contributed by atoms with Crippen molar-refractivity contribution in [2.45, 2.75) is 19.3 Å². The van der Waals surface area contributed by atoms with E-state index in [1.165, 1.54) is 5.06 Å². The number of nitrogens with zero attached hydrogens (tertiary/aromatic N) is 4. The van der Waals surface area contributed by atoms with Gasteiger partial charge in [0, 0.05) is 13.1 Å². The lowest BCUT2D eigenvalue weighted by Crippen LogP contribution is -2.33. The fraction of sp³-hybridized carbons (Fsp3) is 0.455. The smallest absolute Gasteiger partial charge is 0.327 e. The maximum Gasteiger partial charge on any atom is 0.327 e. The monoisotopic (exact) mass is 312 g/mol. The van der Waals surface area contributed by atoms with Crippen molar-refractivity contribution in [3.8, 4) is 5.75 Å². The van der Waals surface area contributed by atoms with Gasteiger partial charge in [0.05, 0.1) is 26.9 Å². The minimum atomic E-state index is -0.931. The highest BCUT2D eigenvalue weighted by Gasteiger charge is 2.34. The topological polar surface area (TPSA) is 142 Å². The maximum atomic E-state index is 11.1. The van der Waals surface area contributed by atoms with E-state index in [1.807, 2.05) is 0 Å². The van der Waals surface area contributed by atoms with Gasteiger partial charge in [-0.1, -0.05) is 6.42 Å². The van der Waals surface area contributed by atoms with E-state index in [1.54, 1.807) is 0 Å². The minimum absolute atomic E-state index is 0.477. The van der Waals surface area contributed by atoms with Crippen LogP contribution in [0.15, 0.2) is 12.1 Å². The first kappa shape index (κ1) is 15.6. The van der Waals surface area contributed by atoms with Gasteiger partial charge in [0.1, 0.15) is 0 Å². The lowest BCUT2D eigenvalue weighted by Gasteiger charge is -2.25. The zero-order chi connectivity index (χ0) is 16.3. The van der Waals surface area contributed by atoms with Crippen LogP contribution in [0.4, 0.5) is 17.1 Å². The van der Waals surface area contributed by atoms with Gasteiger partial charge in [0.2, 0.25) is 0 Å². The summed E-state index contributed by atoms with van der Waals surface area (Å²) >= 11 is 0. The Balaban J connectivity index is 2.50. The van der Waals surface area contributed by atoms with Crippen molar-refractivity contribution < 1.29 is 19.6 Å². The number of hydrogen-bond acceptors (Lipinski definition) is 8. The molecule has 0 aliphatic carbocycles. The Kier molecular flexibility index (Phi) is 4.46. The van der Waals surface area contributed by atoms with E-state index >= 15 is 0 Å². The quantitative estimate of drug-likeness (QED) is 0.594. The molecule has 11 nitrogen and oxygen atoms in total. The Morgan fingerprint density at radius 2 is 1.36 bits per heavy atom. The maximum absolute atomic E-state index is 11.1. The van der Waals surface area contributed by atoms with Crippen LogP contribution in [0.25, 0.3) is 0 Å². The van der Waals surface area contributed by atoms with Crippen LogP contribution in [0.5, 0.6) is 5.75 Å². The molecule has 1 aliphatic rings. The molecule has 1 heterocycles. The van der Waals surface area contributed by atoms with Crippen LogP contribution in [-0.4, -0.2) is 32.9 Å². The Morgan fingerprint density at radius 1 is 0.864 bits per heavy atom. The average Bonchev–Trinajstić information content (AvgIpc) is 2.47. The van der Waals surface area contributed by atoms with E-state index in [0.29, 0.717) is 25.2 Å². The van der Waals surface area contributed by atoms with Gasteiger partial charge >= 0.3 is 17.1 Å². The number of nitro groups is 3. The summed E-state index contributed by atoms with van der Waals surface area (Å²) in [7, 11) is 0. The third-order valence-corrected chi connectivity index (χ3v) is 3.17. The van der Waals surface area contributed by atoms with Crippen LogP contribution in [0.3, 0.4) is 0 Å². The number of non-ortho nitro benzene ring substituents is 1. The van der Waals surface area contributed by atoms with Crippen molar-refractivity contribution in [2.75, 3.05) is 13.1 Å². The fourth-order valence-electron chi connectivity index (χ4n) is 2.14. The molecule has 0 saturated carbocycles. The Bertz CT molecular complexity index is 592. The highest BCUT2D eigenvalue weighted by atomic mass is 16.7. The van der Waals surface area contributed by atoms with Gasteiger partial charge in [-0.15, -0.1) is 5.06 Å². The molecule has 1 saturated heterocycles. The molecule has 1 aliphatic heterocycles. The van der Waals surface area contributed by atoms with E-state index in [9.17, 15) is 30.3 Å². The summed E-state index contributed by atoms with van der Waals surface area (Å²) in [4.78, 5) is 35.4. The molecule has 0 spiro atoms. The van der Waals surface area contributed by atoms with Crippen LogP contribution in [0, 0.1) is 30.3 Å². The lowest BCUT2D eigenvalue weighted by molar-refractivity contribution is -0.405. The van der Waals surface area contributed by atoms with Crippen molar-refractivity contribution >= 4 is 17.1 Å². The van der Waals surface area contributed by atoms with E-state index < -0.39 is 37.6 Å². The van der Waals surface area contributed by atoms with Gasteiger partial charge in [-0.3, -0.25) is 30.3 Å². The van der Waals surface area contributed by atoms with E-state index in [4.69, 9.17) is 4.84 Å². The van der Waals surface area contributed by atoms with Gasteiger partial charge in [0.25, 0.3) is 5.69 Å². The van der Waals surface area contributed by atoms with E-state index in [-0.39, 0.29) is 0 Å². The molecule has 118 valence electrons. The van der Waals surface area contributed by atoms with Crippen LogP contribution in [0.2, 0.25) is 0 Å². The molecule has 1 aromatic rings. The molecule has 0 atom stereocenters. The van der Waals surface area contributed by atoms with Crippen molar-refractivity contribution in [3.63, 3.8) is 0 Å². The zero-order valence-corrected chi connectivity index (χ0v) is 11.3. The highest BCUT2D eigenvalue weighted by Crippen LogP contribution is 2.41. The number of piperidine rings is 1. The molecule has 0 radical (unpaired) electrons. The van der Waals surface area contributed by atoms with Crippen LogP contribution in [0.1, 0.15) is 19.3 Å². The first-order valence-corrected chi connectivity index (χ1v) is 6.44. The van der Waals surface area contributed by atoms with Crippen molar-refractivity contribution in [2.24, 2.45) is 0 Å². The van der Waals surface area contributed by atoms with E-state index in [0.717, 1.165) is 19.3 Å². The second kappa shape index (κ2) is 6.30. The Labute approximate surface area is 123 Å². The summed E-state index contributed by atoms with van der Waals surface area (Å²) < 4.78 is 0. The van der Waals surface area contributed by atoms with Gasteiger partial charge in [-0.05, 0) is 12.8 Å². The average molecular weight is 312 g/mol. The third kappa shape index (κ3) is 3.25. The number of hydrogen-bond donors (Lipinski definition) is 0. The van der Waals surface area contributed by atoms with Crippen molar-refractivity contribution in [1.29, 1.82) is 0 Å². The summed E-state index contributed by atoms with van der Waals surface area (Å²) in [6, 6.07) is 1.32. The lowest BCUT2D eigenvalue weighted by atomic mass is 10.2. The first-order chi connectivity index (χ1) is 10.4. The van der Waals surface area contributed by atoms with Gasteiger partial charge in [-0.25, -0.2) is 0 Å². The summed E-state index contributed by atoms with van der Waals surface area (Å²) in [5.74, 6) is -0.581. The number of hydroxylamine groups is 2. The predicted molar refractivity (Wildman–Crippen MR) is 72.5 cm³/mol. The normalized spacial score (nSPS) is 15.3. The largest absolute Gasteiger partial charge is 0.391 e. The molecular weight excluding hydrogens is 300 g/mol. The second-order valence-electron chi connectivity index (χ2n) is 4.67. The first-order valence-electron chi connectivity index (χ1n) is 6.44. The molecular formula is C11H12N4O7. The molecule has 0 aromatic heterocycles. The molecule has 1 aromatic carbocycles. The SMILES string of the molecule is O=[N+]([O-])c1cc([N+](=O)[O-])c(ON2CCCCC2)c([N+](=O)[O-])c1. The van der Waals surface area contributed by atoms with Crippen LogP contribution >= 0.6 is 0 Å². The molecule has 11 heteroatoms. The Morgan fingerprint density at radius 3 is 1.77 bits per heavy atom. The fourth-order valence-corrected chi connectivity index (χ4v) is 2.14. The highest BCUT2D eigenvalue weighted by molar-refractivity contribution is 5.65. The third-order valence-electron chi connectivity index (χ3n) is 3.17. The standard InChI is InChI=1S/C11H12N4O7/c16-13(17)8-6-9(14(18)19)11(10(7-8)15(20)21)22-12-4-2-1-3-5-12/h6-7H,1-5H2. The minimum Gasteiger partial charge on any atom is -0.391 e. The summed E-state index contributed by atoms with van der Waals surface area (Å²) in [5, 5.41) is 34.3. The van der Waals surface area contributed by atoms with Crippen molar-refractivity contribution in [3.05, 3.63) is 42.5 Å². The Hall–Kier alpha value is -2.82. The van der Waals surface area contributed by atoms with Crippen molar-refractivity contribution in [1.82, 2.24) is 5.06 Å². The summed E-state index contributed by atoms with van der Waals surface area (Å²) in [6.45, 7) is 0.955. The molecule has 22 heavy (non-hydrogen) atoms. The van der Waals surface area contributed by atoms with Crippen LogP contribution in [-0.2, 0) is 0 Å². The molecule has 1 fully saturated rings. The number of benzene rings is 1. The van der Waals surface area contributed by atoms with E-state index in [2.05, 4.69) is 0 Å². The molecule has 0 bridgehead atoms. The van der Waals surface area contributed by atoms with Gasteiger partial charge in [0.15, 0.2) is 0 Å². The summed E-state index contributed by atoms with van der Waals surface area (Å²) in [5.41, 5.74) is -2.33. The second-order valence-corrected chi connectivity index (χ2v) is 4.67.